The number of aliphatic carboxylic acids is 1. The van der Waals surface area contributed by atoms with Gasteiger partial charge in [-0.25, -0.2) is 0 Å². The molecule has 3 N–H and O–H groups in total. The monoisotopic (exact) mass is 335 g/mol. The molecule has 0 spiro atoms. The first-order valence-electron chi connectivity index (χ1n) is 8.32. The van der Waals surface area contributed by atoms with Crippen molar-refractivity contribution in [1.29, 1.82) is 0 Å². The minimum Gasteiger partial charge on any atom is -0.490 e. The van der Waals surface area contributed by atoms with E-state index in [1.807, 2.05) is 25.1 Å². The van der Waals surface area contributed by atoms with Gasteiger partial charge >= 0.3 is 5.97 Å². The lowest BCUT2D eigenvalue weighted by Crippen LogP contribution is -2.54. The van der Waals surface area contributed by atoms with Crippen LogP contribution in [0, 0.1) is 6.92 Å². The Bertz CT molecular complexity index is 581. The molecule has 0 aliphatic heterocycles. The lowest BCUT2D eigenvalue weighted by atomic mass is 9.79. The van der Waals surface area contributed by atoms with E-state index in [1.165, 1.54) is 0 Å². The minimum atomic E-state index is -1.34. The standard InChI is InChI=1S/C18H25NO5/c1-13-7-3-4-8-15(13)24-12-14(20)17(23)19-18(11-16(21)22)9-5-2-6-10-18/h3-4,7-8,14,20H,2,5-6,9-12H2,1H3,(H,19,23)(H,21,22). The number of benzene rings is 1. The number of carboxylic acid groups (broad SMARTS) is 1. The molecule has 0 radical (unpaired) electrons. The predicted octanol–water partition coefficient (Wildman–Crippen LogP) is 2.03. The molecule has 1 atom stereocenters. The largest absolute Gasteiger partial charge is 0.490 e. The van der Waals surface area contributed by atoms with Crippen molar-refractivity contribution >= 4 is 11.9 Å². The summed E-state index contributed by atoms with van der Waals surface area (Å²) in [5.74, 6) is -0.906. The summed E-state index contributed by atoms with van der Waals surface area (Å²) in [5, 5.41) is 22.0. The quantitative estimate of drug-likeness (QED) is 0.708. The van der Waals surface area contributed by atoms with Crippen LogP contribution < -0.4 is 10.1 Å². The van der Waals surface area contributed by atoms with E-state index < -0.39 is 23.5 Å². The fourth-order valence-corrected chi connectivity index (χ4v) is 3.17. The number of amides is 1. The lowest BCUT2D eigenvalue weighted by Gasteiger charge is -2.37. The number of hydrogen-bond acceptors (Lipinski definition) is 4. The number of aliphatic hydroxyl groups is 1. The van der Waals surface area contributed by atoms with E-state index in [1.54, 1.807) is 6.07 Å². The molecule has 1 amide bonds. The zero-order valence-electron chi connectivity index (χ0n) is 14.0. The highest BCUT2D eigenvalue weighted by atomic mass is 16.5. The highest BCUT2D eigenvalue weighted by Gasteiger charge is 2.37. The predicted molar refractivity (Wildman–Crippen MR) is 88.9 cm³/mol. The number of hydrogen-bond donors (Lipinski definition) is 3. The van der Waals surface area contributed by atoms with Crippen LogP contribution in [0.25, 0.3) is 0 Å². The van der Waals surface area contributed by atoms with Crippen LogP contribution >= 0.6 is 0 Å². The normalized spacial score (nSPS) is 17.8. The average molecular weight is 335 g/mol. The first kappa shape index (κ1) is 18.3. The Morgan fingerprint density at radius 3 is 2.54 bits per heavy atom. The van der Waals surface area contributed by atoms with Crippen molar-refractivity contribution < 1.29 is 24.5 Å². The molecule has 0 heterocycles. The molecule has 0 saturated heterocycles. The molecule has 0 bridgehead atoms. The van der Waals surface area contributed by atoms with Gasteiger partial charge in [-0.15, -0.1) is 0 Å². The van der Waals surface area contributed by atoms with Crippen LogP contribution in [0.1, 0.15) is 44.1 Å². The second-order valence-electron chi connectivity index (χ2n) is 6.49. The Kier molecular flexibility index (Phi) is 6.20. The summed E-state index contributed by atoms with van der Waals surface area (Å²) in [5.41, 5.74) is 0.157. The van der Waals surface area contributed by atoms with Crippen molar-refractivity contribution in [2.45, 2.75) is 57.1 Å². The summed E-state index contributed by atoms with van der Waals surface area (Å²) >= 11 is 0. The van der Waals surface area contributed by atoms with Gasteiger partial charge in [-0.2, -0.15) is 0 Å². The third-order valence-electron chi connectivity index (χ3n) is 4.48. The van der Waals surface area contributed by atoms with Crippen LogP contribution in [0.5, 0.6) is 5.75 Å². The third-order valence-corrected chi connectivity index (χ3v) is 4.48. The molecule has 1 aliphatic rings. The van der Waals surface area contributed by atoms with Crippen molar-refractivity contribution in [1.82, 2.24) is 5.32 Å². The van der Waals surface area contributed by atoms with Crippen LogP contribution in [0.2, 0.25) is 0 Å². The Balaban J connectivity index is 1.93. The van der Waals surface area contributed by atoms with E-state index in [0.29, 0.717) is 18.6 Å². The van der Waals surface area contributed by atoms with Gasteiger partial charge in [-0.3, -0.25) is 9.59 Å². The van der Waals surface area contributed by atoms with Gasteiger partial charge in [0, 0.05) is 0 Å². The second-order valence-corrected chi connectivity index (χ2v) is 6.49. The molecule has 2 rings (SSSR count). The van der Waals surface area contributed by atoms with E-state index in [4.69, 9.17) is 9.84 Å². The molecular formula is C18H25NO5. The van der Waals surface area contributed by atoms with Crippen molar-refractivity contribution in [3.63, 3.8) is 0 Å². The lowest BCUT2D eigenvalue weighted by molar-refractivity contribution is -0.140. The van der Waals surface area contributed by atoms with Crippen molar-refractivity contribution in [3.8, 4) is 5.75 Å². The van der Waals surface area contributed by atoms with Crippen LogP contribution in [0.3, 0.4) is 0 Å². The van der Waals surface area contributed by atoms with Gasteiger partial charge in [0.15, 0.2) is 6.10 Å². The molecule has 1 unspecified atom stereocenters. The van der Waals surface area contributed by atoms with Gasteiger partial charge in [0.25, 0.3) is 5.91 Å². The summed E-state index contributed by atoms with van der Waals surface area (Å²) in [4.78, 5) is 23.4. The van der Waals surface area contributed by atoms with Gasteiger partial charge in [-0.1, -0.05) is 37.5 Å². The van der Waals surface area contributed by atoms with Crippen molar-refractivity contribution in [2.75, 3.05) is 6.61 Å². The fourth-order valence-electron chi connectivity index (χ4n) is 3.17. The van der Waals surface area contributed by atoms with E-state index in [9.17, 15) is 14.7 Å². The molecule has 6 nitrogen and oxygen atoms in total. The Morgan fingerprint density at radius 2 is 1.92 bits per heavy atom. The molecule has 24 heavy (non-hydrogen) atoms. The summed E-state index contributed by atoms with van der Waals surface area (Å²) in [6.45, 7) is 1.71. The summed E-state index contributed by atoms with van der Waals surface area (Å²) in [6, 6.07) is 7.35. The molecule has 0 aromatic heterocycles. The maximum Gasteiger partial charge on any atom is 0.305 e. The minimum absolute atomic E-state index is 0.121. The Hall–Kier alpha value is -2.08. The number of aryl methyl sites for hydroxylation is 1. The number of carbonyl (C=O) groups is 2. The zero-order valence-corrected chi connectivity index (χ0v) is 14.0. The molecule has 1 aromatic rings. The molecule has 1 aromatic carbocycles. The van der Waals surface area contributed by atoms with E-state index in [0.717, 1.165) is 24.8 Å². The third kappa shape index (κ3) is 4.96. The van der Waals surface area contributed by atoms with Crippen LogP contribution in [0.15, 0.2) is 24.3 Å². The molecule has 132 valence electrons. The first-order chi connectivity index (χ1) is 11.4. The molecule has 6 heteroatoms. The number of aliphatic hydroxyl groups excluding tert-OH is 1. The highest BCUT2D eigenvalue weighted by Crippen LogP contribution is 2.31. The number of carbonyl (C=O) groups excluding carboxylic acids is 1. The molecule has 1 aliphatic carbocycles. The smallest absolute Gasteiger partial charge is 0.305 e. The zero-order chi connectivity index (χ0) is 17.6. The van der Waals surface area contributed by atoms with E-state index >= 15 is 0 Å². The second kappa shape index (κ2) is 8.15. The van der Waals surface area contributed by atoms with Crippen molar-refractivity contribution in [2.24, 2.45) is 0 Å². The highest BCUT2D eigenvalue weighted by molar-refractivity contribution is 5.82. The van der Waals surface area contributed by atoms with Gasteiger partial charge in [0.05, 0.1) is 12.0 Å². The summed E-state index contributed by atoms with van der Waals surface area (Å²) in [6.07, 6.45) is 2.58. The van der Waals surface area contributed by atoms with E-state index in [-0.39, 0.29) is 13.0 Å². The number of ether oxygens (including phenoxy) is 1. The maximum atomic E-state index is 12.3. The Morgan fingerprint density at radius 1 is 1.25 bits per heavy atom. The van der Waals surface area contributed by atoms with Crippen LogP contribution in [-0.2, 0) is 9.59 Å². The van der Waals surface area contributed by atoms with Crippen LogP contribution in [-0.4, -0.2) is 40.3 Å². The number of carboxylic acids is 1. The molecule has 1 saturated carbocycles. The molecule has 1 fully saturated rings. The van der Waals surface area contributed by atoms with Crippen molar-refractivity contribution in [3.05, 3.63) is 29.8 Å². The number of para-hydroxylation sites is 1. The summed E-state index contributed by atoms with van der Waals surface area (Å²) < 4.78 is 5.50. The van der Waals surface area contributed by atoms with Gasteiger partial charge in [0.2, 0.25) is 0 Å². The van der Waals surface area contributed by atoms with Gasteiger partial charge < -0.3 is 20.3 Å². The topological polar surface area (TPSA) is 95.9 Å². The van der Waals surface area contributed by atoms with Gasteiger partial charge in [-0.05, 0) is 31.4 Å². The number of nitrogens with one attached hydrogen (secondary N) is 1. The van der Waals surface area contributed by atoms with Gasteiger partial charge in [0.1, 0.15) is 12.4 Å². The molecular weight excluding hydrogens is 310 g/mol. The SMILES string of the molecule is Cc1ccccc1OCC(O)C(=O)NC1(CC(=O)O)CCCCC1. The maximum absolute atomic E-state index is 12.3. The average Bonchev–Trinajstić information content (AvgIpc) is 2.53. The van der Waals surface area contributed by atoms with E-state index in [2.05, 4.69) is 5.32 Å². The number of rotatable bonds is 7. The first-order valence-corrected chi connectivity index (χ1v) is 8.32. The Labute approximate surface area is 141 Å². The fraction of sp³-hybridized carbons (Fsp3) is 0.556. The summed E-state index contributed by atoms with van der Waals surface area (Å²) in [7, 11) is 0. The van der Waals surface area contributed by atoms with Crippen LogP contribution in [0.4, 0.5) is 0 Å².